The van der Waals surface area contributed by atoms with Gasteiger partial charge in [0.1, 0.15) is 5.82 Å². The van der Waals surface area contributed by atoms with Crippen molar-refractivity contribution in [2.75, 3.05) is 43.9 Å². The molecule has 0 spiro atoms. The van der Waals surface area contributed by atoms with Crippen LogP contribution in [0.2, 0.25) is 0 Å². The number of H-pyrrole nitrogens is 1. The van der Waals surface area contributed by atoms with Crippen LogP contribution in [0.3, 0.4) is 0 Å². The van der Waals surface area contributed by atoms with Gasteiger partial charge in [0.2, 0.25) is 11.7 Å². The number of ether oxygens (including phenoxy) is 3. The summed E-state index contributed by atoms with van der Waals surface area (Å²) < 4.78 is 18.4. The van der Waals surface area contributed by atoms with Gasteiger partial charge >= 0.3 is 0 Å². The summed E-state index contributed by atoms with van der Waals surface area (Å²) in [6.07, 6.45) is 1.91. The van der Waals surface area contributed by atoms with Gasteiger partial charge in [-0.3, -0.25) is 19.4 Å². The number of hydrogen-bond acceptors (Lipinski definition) is 7. The van der Waals surface area contributed by atoms with Crippen LogP contribution in [0.5, 0.6) is 17.2 Å². The van der Waals surface area contributed by atoms with E-state index in [-0.39, 0.29) is 23.3 Å². The van der Waals surface area contributed by atoms with Crippen LogP contribution in [-0.2, 0) is 4.79 Å². The summed E-state index contributed by atoms with van der Waals surface area (Å²) in [4.78, 5) is 25.6. The van der Waals surface area contributed by atoms with Crippen molar-refractivity contribution in [2.24, 2.45) is 0 Å². The molecule has 3 heterocycles. The summed E-state index contributed by atoms with van der Waals surface area (Å²) in [5.41, 5.74) is 1.11. The molecule has 162 valence electrons. The van der Waals surface area contributed by atoms with Gasteiger partial charge in [0.25, 0.3) is 5.56 Å². The highest BCUT2D eigenvalue weighted by Gasteiger charge is 2.35. The first-order valence-electron chi connectivity index (χ1n) is 9.71. The predicted molar refractivity (Wildman–Crippen MR) is 120 cm³/mol. The highest BCUT2D eigenvalue weighted by molar-refractivity contribution is 8.00. The Bertz CT molecular complexity index is 997. The van der Waals surface area contributed by atoms with E-state index in [1.54, 1.807) is 27.4 Å². The molecule has 1 atom stereocenters. The van der Waals surface area contributed by atoms with Gasteiger partial charge in [-0.05, 0) is 36.5 Å². The third kappa shape index (κ3) is 3.66. The fraction of sp³-hybridized carbons (Fsp3) is 0.500. The number of thioether (sulfide) groups is 2. The van der Waals surface area contributed by atoms with Gasteiger partial charge in [-0.2, -0.15) is 11.8 Å². The molecular weight excluding hydrogens is 426 g/mol. The van der Waals surface area contributed by atoms with Crippen molar-refractivity contribution in [1.82, 2.24) is 9.78 Å². The van der Waals surface area contributed by atoms with Crippen molar-refractivity contribution in [3.05, 3.63) is 33.6 Å². The third-order valence-corrected chi connectivity index (χ3v) is 7.74. The topological polar surface area (TPSA) is 94.6 Å². The standard InChI is InChI=1S/C20H25N3O5S2/c1-26-13-5-4-12(16(27-2)17(13)28-3)18-15-19(21-14(24)10-30-18)23(22-20(15)25)11-6-8-29-9-7-11/h4-5,11,18H,6-10H2,1-3H3,(H,21,24)(H,22,25)/t18-/m0/s1. The lowest BCUT2D eigenvalue weighted by Crippen LogP contribution is -2.22. The van der Waals surface area contributed by atoms with Crippen LogP contribution in [0.4, 0.5) is 5.82 Å². The number of nitrogens with one attached hydrogen (secondary N) is 2. The smallest absolute Gasteiger partial charge is 0.270 e. The van der Waals surface area contributed by atoms with Gasteiger partial charge in [-0.25, -0.2) is 0 Å². The zero-order valence-corrected chi connectivity index (χ0v) is 18.8. The van der Waals surface area contributed by atoms with Crippen molar-refractivity contribution < 1.29 is 19.0 Å². The molecule has 0 radical (unpaired) electrons. The summed E-state index contributed by atoms with van der Waals surface area (Å²) in [7, 11) is 4.66. The first-order chi connectivity index (χ1) is 14.6. The Morgan fingerprint density at radius 2 is 1.77 bits per heavy atom. The number of hydrogen-bond donors (Lipinski definition) is 2. The number of carbonyl (C=O) groups is 1. The molecule has 2 aromatic rings. The minimum absolute atomic E-state index is 0.124. The molecule has 0 saturated carbocycles. The van der Waals surface area contributed by atoms with Crippen molar-refractivity contribution in [2.45, 2.75) is 24.1 Å². The predicted octanol–water partition coefficient (Wildman–Crippen LogP) is 3.05. The molecule has 1 aromatic carbocycles. The first-order valence-corrected chi connectivity index (χ1v) is 11.9. The van der Waals surface area contributed by atoms with Crippen LogP contribution in [0.1, 0.15) is 35.3 Å². The molecule has 1 amide bonds. The average Bonchev–Trinajstić information content (AvgIpc) is 2.98. The zero-order chi connectivity index (χ0) is 21.3. The van der Waals surface area contributed by atoms with E-state index in [1.165, 1.54) is 11.8 Å². The van der Waals surface area contributed by atoms with Crippen LogP contribution in [0.15, 0.2) is 16.9 Å². The summed E-state index contributed by atoms with van der Waals surface area (Å²) in [6, 6.07) is 3.82. The van der Waals surface area contributed by atoms with Crippen LogP contribution in [0.25, 0.3) is 0 Å². The van der Waals surface area contributed by atoms with Gasteiger partial charge in [0.05, 0.1) is 43.9 Å². The molecular formula is C20H25N3O5S2. The average molecular weight is 452 g/mol. The molecule has 0 bridgehead atoms. The normalized spacial score (nSPS) is 19.6. The minimum atomic E-state index is -0.392. The number of anilines is 1. The van der Waals surface area contributed by atoms with E-state index in [9.17, 15) is 9.59 Å². The van der Waals surface area contributed by atoms with Crippen LogP contribution in [-0.4, -0.2) is 54.3 Å². The fourth-order valence-corrected chi connectivity index (χ4v) is 6.26. The van der Waals surface area contributed by atoms with E-state index in [1.807, 2.05) is 22.5 Å². The Kier molecular flexibility index (Phi) is 6.24. The van der Waals surface area contributed by atoms with Crippen LogP contribution in [0, 0.1) is 0 Å². The molecule has 1 saturated heterocycles. The van der Waals surface area contributed by atoms with Gasteiger partial charge in [-0.15, -0.1) is 11.8 Å². The van der Waals surface area contributed by atoms with E-state index in [0.29, 0.717) is 28.6 Å². The summed E-state index contributed by atoms with van der Waals surface area (Å²) in [6.45, 7) is 0. The second kappa shape index (κ2) is 8.89. The Balaban J connectivity index is 1.87. The Morgan fingerprint density at radius 3 is 2.43 bits per heavy atom. The lowest BCUT2D eigenvalue weighted by molar-refractivity contribution is -0.113. The van der Waals surface area contributed by atoms with Crippen molar-refractivity contribution >= 4 is 35.2 Å². The SMILES string of the molecule is COc1ccc([C@@H]2SCC(=O)Nc3c2c(=O)[nH]n3C2CCSCC2)c(OC)c1OC. The quantitative estimate of drug-likeness (QED) is 0.721. The first kappa shape index (κ1) is 21.0. The monoisotopic (exact) mass is 451 g/mol. The van der Waals surface area contributed by atoms with Crippen LogP contribution < -0.4 is 25.1 Å². The number of methoxy groups -OCH3 is 3. The summed E-state index contributed by atoms with van der Waals surface area (Å²) >= 11 is 3.31. The van der Waals surface area contributed by atoms with Crippen molar-refractivity contribution in [1.29, 1.82) is 0 Å². The third-order valence-electron chi connectivity index (χ3n) is 5.44. The molecule has 2 N–H and O–H groups in total. The molecule has 2 aliphatic heterocycles. The maximum atomic E-state index is 13.1. The number of benzene rings is 1. The van der Waals surface area contributed by atoms with Crippen LogP contribution >= 0.6 is 23.5 Å². The number of amides is 1. The largest absolute Gasteiger partial charge is 0.493 e. The Hall–Kier alpha value is -2.20. The molecule has 8 nitrogen and oxygen atoms in total. The maximum Gasteiger partial charge on any atom is 0.270 e. The summed E-state index contributed by atoms with van der Waals surface area (Å²) in [5, 5.41) is 5.56. The number of carbonyl (C=O) groups excluding carboxylic acids is 1. The van der Waals surface area contributed by atoms with Gasteiger partial charge in [-0.1, -0.05) is 0 Å². The molecule has 0 unspecified atom stereocenters. The number of fused-ring (bicyclic) bond motifs is 1. The summed E-state index contributed by atoms with van der Waals surface area (Å²) in [5.74, 6) is 4.24. The number of rotatable bonds is 5. The van der Waals surface area contributed by atoms with E-state index < -0.39 is 5.25 Å². The molecule has 30 heavy (non-hydrogen) atoms. The lowest BCUT2D eigenvalue weighted by Gasteiger charge is -2.24. The van der Waals surface area contributed by atoms with Crippen molar-refractivity contribution in [3.8, 4) is 17.2 Å². The fourth-order valence-electron chi connectivity index (χ4n) is 4.04. The maximum absolute atomic E-state index is 13.1. The molecule has 1 fully saturated rings. The molecule has 10 heteroatoms. The minimum Gasteiger partial charge on any atom is -0.493 e. The van der Waals surface area contributed by atoms with E-state index >= 15 is 0 Å². The number of aromatic nitrogens is 2. The van der Waals surface area contributed by atoms with Gasteiger partial charge in [0.15, 0.2) is 11.5 Å². The lowest BCUT2D eigenvalue weighted by atomic mass is 10.0. The van der Waals surface area contributed by atoms with E-state index in [0.717, 1.165) is 29.9 Å². The molecule has 2 aliphatic rings. The highest BCUT2D eigenvalue weighted by atomic mass is 32.2. The van der Waals surface area contributed by atoms with E-state index in [4.69, 9.17) is 14.2 Å². The van der Waals surface area contributed by atoms with Gasteiger partial charge < -0.3 is 19.5 Å². The second-order valence-electron chi connectivity index (χ2n) is 7.08. The Morgan fingerprint density at radius 1 is 1.03 bits per heavy atom. The van der Waals surface area contributed by atoms with Crippen molar-refractivity contribution in [3.63, 3.8) is 0 Å². The second-order valence-corrected chi connectivity index (χ2v) is 9.40. The van der Waals surface area contributed by atoms with Gasteiger partial charge in [0, 0.05) is 5.56 Å². The number of nitrogens with zero attached hydrogens (tertiary/aromatic N) is 1. The molecule has 0 aliphatic carbocycles. The zero-order valence-electron chi connectivity index (χ0n) is 17.1. The molecule has 1 aromatic heterocycles. The Labute approximate surface area is 183 Å². The molecule has 4 rings (SSSR count). The van der Waals surface area contributed by atoms with E-state index in [2.05, 4.69) is 10.4 Å². The highest BCUT2D eigenvalue weighted by Crippen LogP contribution is 2.49. The number of aromatic amines is 1.